The Bertz CT molecular complexity index is 643. The van der Waals surface area contributed by atoms with E-state index < -0.39 is 11.7 Å². The van der Waals surface area contributed by atoms with Gasteiger partial charge in [0, 0.05) is 16.5 Å². The number of hydrogen-bond donors (Lipinski definition) is 1. The molecule has 0 saturated heterocycles. The highest BCUT2D eigenvalue weighted by molar-refractivity contribution is 9.10. The third-order valence-electron chi connectivity index (χ3n) is 2.54. The molecule has 2 rings (SSSR count). The molecule has 106 valence electrons. The van der Waals surface area contributed by atoms with Crippen molar-refractivity contribution >= 4 is 21.9 Å². The number of anilines is 1. The summed E-state index contributed by atoms with van der Waals surface area (Å²) >= 11 is 3.03. The Morgan fingerprint density at radius 3 is 2.50 bits per heavy atom. The number of aromatic nitrogens is 3. The van der Waals surface area contributed by atoms with E-state index in [1.807, 2.05) is 0 Å². The van der Waals surface area contributed by atoms with Crippen LogP contribution >= 0.6 is 15.9 Å². The van der Waals surface area contributed by atoms with Gasteiger partial charge in [-0.25, -0.2) is 4.98 Å². The summed E-state index contributed by atoms with van der Waals surface area (Å²) in [7, 11) is 0. The zero-order valence-electron chi connectivity index (χ0n) is 10.4. The quantitative estimate of drug-likeness (QED) is 0.904. The maximum atomic E-state index is 13.1. The number of aryl methyl sites for hydroxylation is 1. The first-order valence-corrected chi connectivity index (χ1v) is 6.48. The summed E-state index contributed by atoms with van der Waals surface area (Å²) in [5.74, 6) is 0.181. The lowest BCUT2D eigenvalue weighted by molar-refractivity contribution is -0.137. The van der Waals surface area contributed by atoms with Crippen molar-refractivity contribution in [3.63, 3.8) is 0 Å². The SMILES string of the molecule is CCc1nc(N)nc(-c2ccc(Br)cc2C(F)(F)F)n1. The molecule has 0 spiro atoms. The first-order chi connectivity index (χ1) is 9.31. The van der Waals surface area contributed by atoms with E-state index in [9.17, 15) is 13.2 Å². The van der Waals surface area contributed by atoms with Crippen LogP contribution in [-0.2, 0) is 12.6 Å². The molecule has 1 aromatic heterocycles. The van der Waals surface area contributed by atoms with Crippen molar-refractivity contribution in [1.29, 1.82) is 0 Å². The third kappa shape index (κ3) is 3.06. The summed E-state index contributed by atoms with van der Waals surface area (Å²) < 4.78 is 39.5. The van der Waals surface area contributed by atoms with Gasteiger partial charge in [-0.3, -0.25) is 0 Å². The minimum absolute atomic E-state index is 0.0748. The van der Waals surface area contributed by atoms with Crippen LogP contribution < -0.4 is 5.73 Å². The fourth-order valence-corrected chi connectivity index (χ4v) is 2.02. The van der Waals surface area contributed by atoms with Crippen molar-refractivity contribution in [2.45, 2.75) is 19.5 Å². The molecule has 0 aliphatic carbocycles. The van der Waals surface area contributed by atoms with Crippen LogP contribution in [0.3, 0.4) is 0 Å². The highest BCUT2D eigenvalue weighted by Crippen LogP contribution is 2.37. The Morgan fingerprint density at radius 2 is 1.90 bits per heavy atom. The number of benzene rings is 1. The molecular weight excluding hydrogens is 337 g/mol. The van der Waals surface area contributed by atoms with Gasteiger partial charge in [-0.2, -0.15) is 23.1 Å². The van der Waals surface area contributed by atoms with Crippen molar-refractivity contribution in [2.75, 3.05) is 5.73 Å². The molecule has 0 atom stereocenters. The van der Waals surface area contributed by atoms with Crippen LogP contribution in [-0.4, -0.2) is 15.0 Å². The number of hydrogen-bond acceptors (Lipinski definition) is 4. The largest absolute Gasteiger partial charge is 0.417 e. The van der Waals surface area contributed by atoms with Gasteiger partial charge in [0.15, 0.2) is 5.82 Å². The summed E-state index contributed by atoms with van der Waals surface area (Å²) in [5.41, 5.74) is 4.57. The number of nitrogens with two attached hydrogens (primary N) is 1. The smallest absolute Gasteiger partial charge is 0.368 e. The van der Waals surface area contributed by atoms with Crippen LogP contribution in [0.15, 0.2) is 22.7 Å². The van der Waals surface area contributed by atoms with E-state index in [1.165, 1.54) is 12.1 Å². The molecule has 0 radical (unpaired) electrons. The maximum Gasteiger partial charge on any atom is 0.417 e. The van der Waals surface area contributed by atoms with Crippen LogP contribution in [0.25, 0.3) is 11.4 Å². The lowest BCUT2D eigenvalue weighted by Crippen LogP contribution is -2.10. The van der Waals surface area contributed by atoms with E-state index in [0.717, 1.165) is 6.07 Å². The Morgan fingerprint density at radius 1 is 1.20 bits per heavy atom. The number of nitrogen functional groups attached to an aromatic ring is 1. The second kappa shape index (κ2) is 5.35. The van der Waals surface area contributed by atoms with Crippen molar-refractivity contribution in [2.24, 2.45) is 0 Å². The highest BCUT2D eigenvalue weighted by atomic mass is 79.9. The molecule has 0 bridgehead atoms. The van der Waals surface area contributed by atoms with Crippen molar-refractivity contribution < 1.29 is 13.2 Å². The van der Waals surface area contributed by atoms with Crippen molar-refractivity contribution in [3.8, 4) is 11.4 Å². The molecule has 1 aromatic carbocycles. The Labute approximate surface area is 121 Å². The molecule has 20 heavy (non-hydrogen) atoms. The first kappa shape index (κ1) is 14.7. The number of halogens is 4. The standard InChI is InChI=1S/C12H10BrF3N4/c1-2-9-18-10(20-11(17)19-9)7-4-3-6(13)5-8(7)12(14,15)16/h3-5H,2H2,1H3,(H2,17,18,19,20). The molecule has 0 aliphatic rings. The molecule has 2 N–H and O–H groups in total. The molecule has 0 unspecified atom stereocenters. The van der Waals surface area contributed by atoms with Crippen LogP contribution in [0.1, 0.15) is 18.3 Å². The van der Waals surface area contributed by atoms with Crippen LogP contribution in [0.5, 0.6) is 0 Å². The monoisotopic (exact) mass is 346 g/mol. The number of alkyl halides is 3. The molecule has 2 aromatic rings. The van der Waals surface area contributed by atoms with Crippen LogP contribution in [0.4, 0.5) is 19.1 Å². The third-order valence-corrected chi connectivity index (χ3v) is 3.04. The van der Waals surface area contributed by atoms with Gasteiger partial charge in [0.2, 0.25) is 5.95 Å². The molecule has 0 aliphatic heterocycles. The van der Waals surface area contributed by atoms with E-state index in [-0.39, 0.29) is 17.3 Å². The maximum absolute atomic E-state index is 13.1. The molecule has 0 fully saturated rings. The predicted molar refractivity (Wildman–Crippen MR) is 71.8 cm³/mol. The van der Waals surface area contributed by atoms with Gasteiger partial charge in [0.25, 0.3) is 0 Å². The average molecular weight is 347 g/mol. The summed E-state index contributed by atoms with van der Waals surface area (Å²) in [5, 5.41) is 0. The lowest BCUT2D eigenvalue weighted by atomic mass is 10.1. The van der Waals surface area contributed by atoms with Gasteiger partial charge in [-0.15, -0.1) is 0 Å². The average Bonchev–Trinajstić information content (AvgIpc) is 2.36. The van der Waals surface area contributed by atoms with Crippen LogP contribution in [0, 0.1) is 0 Å². The van der Waals surface area contributed by atoms with Gasteiger partial charge in [0.05, 0.1) is 5.56 Å². The molecule has 1 heterocycles. The summed E-state index contributed by atoms with van der Waals surface area (Å²) in [6.45, 7) is 1.78. The molecule has 4 nitrogen and oxygen atoms in total. The minimum Gasteiger partial charge on any atom is -0.368 e. The Kier molecular flexibility index (Phi) is 3.94. The first-order valence-electron chi connectivity index (χ1n) is 5.68. The minimum atomic E-state index is -4.51. The second-order valence-corrected chi connectivity index (χ2v) is 4.89. The zero-order chi connectivity index (χ0) is 14.9. The summed E-state index contributed by atoms with van der Waals surface area (Å²) in [6.07, 6.45) is -4.05. The highest BCUT2D eigenvalue weighted by Gasteiger charge is 2.34. The second-order valence-electron chi connectivity index (χ2n) is 3.97. The summed E-state index contributed by atoms with van der Waals surface area (Å²) in [4.78, 5) is 11.7. The van der Waals surface area contributed by atoms with Gasteiger partial charge in [-0.05, 0) is 18.2 Å². The van der Waals surface area contributed by atoms with Gasteiger partial charge in [-0.1, -0.05) is 22.9 Å². The predicted octanol–water partition coefficient (Wildman–Crippen LogP) is 3.46. The Balaban J connectivity index is 2.66. The number of nitrogens with zero attached hydrogens (tertiary/aromatic N) is 3. The van der Waals surface area contributed by atoms with E-state index in [0.29, 0.717) is 16.7 Å². The van der Waals surface area contributed by atoms with E-state index in [1.54, 1.807) is 6.92 Å². The van der Waals surface area contributed by atoms with E-state index in [2.05, 4.69) is 30.9 Å². The molecule has 0 amide bonds. The number of rotatable bonds is 2. The van der Waals surface area contributed by atoms with Crippen LogP contribution in [0.2, 0.25) is 0 Å². The van der Waals surface area contributed by atoms with Crippen molar-refractivity contribution in [3.05, 3.63) is 34.1 Å². The Hall–Kier alpha value is -1.70. The normalized spacial score (nSPS) is 11.7. The van der Waals surface area contributed by atoms with Gasteiger partial charge in [0.1, 0.15) is 5.82 Å². The van der Waals surface area contributed by atoms with Gasteiger partial charge >= 0.3 is 6.18 Å². The fraction of sp³-hybridized carbons (Fsp3) is 0.250. The molecular formula is C12H10BrF3N4. The topological polar surface area (TPSA) is 64.7 Å². The fourth-order valence-electron chi connectivity index (χ4n) is 1.66. The zero-order valence-corrected chi connectivity index (χ0v) is 12.0. The molecule has 8 heteroatoms. The van der Waals surface area contributed by atoms with E-state index in [4.69, 9.17) is 5.73 Å². The molecule has 0 saturated carbocycles. The summed E-state index contributed by atoms with van der Waals surface area (Å²) in [6, 6.07) is 3.79. The lowest BCUT2D eigenvalue weighted by Gasteiger charge is -2.13. The van der Waals surface area contributed by atoms with Crippen molar-refractivity contribution in [1.82, 2.24) is 15.0 Å². The van der Waals surface area contributed by atoms with E-state index >= 15 is 0 Å². The van der Waals surface area contributed by atoms with Gasteiger partial charge < -0.3 is 5.73 Å².